The van der Waals surface area contributed by atoms with E-state index in [-0.39, 0.29) is 17.6 Å². The number of aromatic hydroxyl groups is 2. The van der Waals surface area contributed by atoms with E-state index in [0.717, 1.165) is 11.1 Å². The highest BCUT2D eigenvalue weighted by Crippen LogP contribution is 2.21. The maximum Gasteiger partial charge on any atom is 0.115 e. The molecule has 0 amide bonds. The quantitative estimate of drug-likeness (QED) is 0.786. The molecule has 3 heteroatoms. The molecular weight excluding hydrogens is 264 g/mol. The smallest absolute Gasteiger partial charge is 0.115 e. The number of rotatable bonds is 6. The molecule has 0 saturated heterocycles. The van der Waals surface area contributed by atoms with Crippen molar-refractivity contribution in [2.75, 3.05) is 6.61 Å². The van der Waals surface area contributed by atoms with Gasteiger partial charge in [-0.25, -0.2) is 0 Å². The second-order valence-electron chi connectivity index (χ2n) is 4.58. The first-order valence-electron chi connectivity index (χ1n) is 6.67. The Balaban J connectivity index is 1.90. The summed E-state index contributed by atoms with van der Waals surface area (Å²) < 4.78 is 5.73. The first kappa shape index (κ1) is 14.9. The molecule has 2 aromatic carbocycles. The number of hydrogen-bond acceptors (Lipinski definition) is 3. The molecule has 2 rings (SSSR count). The van der Waals surface area contributed by atoms with Crippen molar-refractivity contribution < 1.29 is 14.9 Å². The van der Waals surface area contributed by atoms with Gasteiger partial charge < -0.3 is 14.9 Å². The van der Waals surface area contributed by atoms with E-state index in [4.69, 9.17) is 4.74 Å². The predicted octanol–water partition coefficient (Wildman–Crippen LogP) is 4.05. The fraction of sp³-hybridized carbons (Fsp3) is 0.111. The van der Waals surface area contributed by atoms with E-state index in [9.17, 15) is 10.2 Å². The predicted molar refractivity (Wildman–Crippen MR) is 84.1 cm³/mol. The van der Waals surface area contributed by atoms with Gasteiger partial charge in [0.2, 0.25) is 0 Å². The fourth-order valence-corrected chi connectivity index (χ4v) is 1.89. The number of phenols is 2. The van der Waals surface area contributed by atoms with Crippen LogP contribution in [0.2, 0.25) is 0 Å². The molecule has 0 heterocycles. The lowest BCUT2D eigenvalue weighted by Gasteiger charge is -2.13. The normalized spacial score (nSPS) is 12.4. The monoisotopic (exact) mass is 282 g/mol. The summed E-state index contributed by atoms with van der Waals surface area (Å²) in [4.78, 5) is 0. The van der Waals surface area contributed by atoms with Crippen LogP contribution in [0.15, 0.2) is 67.3 Å². The van der Waals surface area contributed by atoms with Crippen molar-refractivity contribution in [2.45, 2.75) is 6.10 Å². The molecule has 2 aromatic rings. The van der Waals surface area contributed by atoms with Crippen LogP contribution in [0.4, 0.5) is 0 Å². The van der Waals surface area contributed by atoms with Crippen molar-refractivity contribution in [2.24, 2.45) is 0 Å². The largest absolute Gasteiger partial charge is 0.508 e. The molecule has 108 valence electrons. The van der Waals surface area contributed by atoms with Crippen LogP contribution in [0.25, 0.3) is 6.08 Å². The van der Waals surface area contributed by atoms with Crippen molar-refractivity contribution in [1.82, 2.24) is 0 Å². The zero-order valence-electron chi connectivity index (χ0n) is 11.6. The Bertz CT molecular complexity index is 597. The van der Waals surface area contributed by atoms with Crippen LogP contribution in [0, 0.1) is 0 Å². The Morgan fingerprint density at radius 3 is 2.10 bits per heavy atom. The van der Waals surface area contributed by atoms with Gasteiger partial charge in [-0.15, -0.1) is 6.58 Å². The molecule has 0 aliphatic carbocycles. The first-order valence-corrected chi connectivity index (χ1v) is 6.67. The highest BCUT2D eigenvalue weighted by Gasteiger charge is 2.06. The van der Waals surface area contributed by atoms with Gasteiger partial charge in [0.25, 0.3) is 0 Å². The Labute approximate surface area is 124 Å². The number of phenolic OH excluding ortho intramolecular Hbond substituents is 2. The number of hydrogen-bond donors (Lipinski definition) is 2. The molecule has 0 aromatic heterocycles. The molecule has 0 unspecified atom stereocenters. The van der Waals surface area contributed by atoms with Gasteiger partial charge in [-0.2, -0.15) is 0 Å². The van der Waals surface area contributed by atoms with Crippen LogP contribution in [-0.4, -0.2) is 16.8 Å². The van der Waals surface area contributed by atoms with E-state index < -0.39 is 0 Å². The summed E-state index contributed by atoms with van der Waals surface area (Å²) in [6.07, 6.45) is 5.34. The van der Waals surface area contributed by atoms with E-state index in [0.29, 0.717) is 6.61 Å². The molecule has 1 atom stereocenters. The summed E-state index contributed by atoms with van der Waals surface area (Å²) in [6, 6.07) is 13.8. The molecule has 0 aliphatic heterocycles. The van der Waals surface area contributed by atoms with Gasteiger partial charge in [0.05, 0.1) is 6.61 Å². The average Bonchev–Trinajstić information content (AvgIpc) is 2.50. The molecule has 2 N–H and O–H groups in total. The van der Waals surface area contributed by atoms with Crippen molar-refractivity contribution in [3.05, 3.63) is 78.4 Å². The summed E-state index contributed by atoms with van der Waals surface area (Å²) in [6.45, 7) is 4.21. The summed E-state index contributed by atoms with van der Waals surface area (Å²) in [5.41, 5.74) is 1.94. The van der Waals surface area contributed by atoms with Gasteiger partial charge in [-0.05, 0) is 35.4 Å². The van der Waals surface area contributed by atoms with Crippen LogP contribution in [0.5, 0.6) is 11.5 Å². The van der Waals surface area contributed by atoms with Gasteiger partial charge in [-0.1, -0.05) is 42.5 Å². The highest BCUT2D eigenvalue weighted by atomic mass is 16.5. The second-order valence-corrected chi connectivity index (χ2v) is 4.58. The topological polar surface area (TPSA) is 49.7 Å². The third kappa shape index (κ3) is 4.51. The van der Waals surface area contributed by atoms with Crippen LogP contribution in [-0.2, 0) is 4.74 Å². The fourth-order valence-electron chi connectivity index (χ4n) is 1.89. The molecule has 0 fully saturated rings. The van der Waals surface area contributed by atoms with Crippen LogP contribution >= 0.6 is 0 Å². The van der Waals surface area contributed by atoms with Gasteiger partial charge in [0.1, 0.15) is 17.6 Å². The third-order valence-corrected chi connectivity index (χ3v) is 3.01. The SMILES string of the molecule is C=C[C@H](OC/C=C/c1ccc(O)cc1)c1ccc(O)cc1. The van der Waals surface area contributed by atoms with E-state index in [1.165, 1.54) is 0 Å². The summed E-state index contributed by atoms with van der Waals surface area (Å²) in [5.74, 6) is 0.483. The minimum Gasteiger partial charge on any atom is -0.508 e. The lowest BCUT2D eigenvalue weighted by molar-refractivity contribution is 0.110. The lowest BCUT2D eigenvalue weighted by Crippen LogP contribution is -2.01. The molecule has 0 aliphatic rings. The second kappa shape index (κ2) is 7.31. The Kier molecular flexibility index (Phi) is 5.18. The van der Waals surface area contributed by atoms with Gasteiger partial charge in [-0.3, -0.25) is 0 Å². The summed E-state index contributed by atoms with van der Waals surface area (Å²) in [7, 11) is 0. The number of ether oxygens (including phenoxy) is 1. The van der Waals surface area contributed by atoms with Crippen molar-refractivity contribution in [1.29, 1.82) is 0 Å². The molecule has 3 nitrogen and oxygen atoms in total. The maximum atomic E-state index is 9.28. The van der Waals surface area contributed by atoms with Gasteiger partial charge in [0.15, 0.2) is 0 Å². The Morgan fingerprint density at radius 2 is 1.52 bits per heavy atom. The van der Waals surface area contributed by atoms with Crippen molar-refractivity contribution >= 4 is 6.08 Å². The van der Waals surface area contributed by atoms with E-state index in [1.807, 2.05) is 36.4 Å². The van der Waals surface area contributed by atoms with Gasteiger partial charge >= 0.3 is 0 Å². The summed E-state index contributed by atoms with van der Waals surface area (Å²) >= 11 is 0. The first-order chi connectivity index (χ1) is 10.2. The Hall–Kier alpha value is -2.52. The minimum absolute atomic E-state index is 0.213. The van der Waals surface area contributed by atoms with Crippen LogP contribution in [0.1, 0.15) is 17.2 Å². The van der Waals surface area contributed by atoms with Crippen LogP contribution in [0.3, 0.4) is 0 Å². The Morgan fingerprint density at radius 1 is 0.952 bits per heavy atom. The van der Waals surface area contributed by atoms with Crippen LogP contribution < -0.4 is 0 Å². The van der Waals surface area contributed by atoms with Crippen molar-refractivity contribution in [3.8, 4) is 11.5 Å². The van der Waals surface area contributed by atoms with Gasteiger partial charge in [0, 0.05) is 0 Å². The molecule has 0 saturated carbocycles. The third-order valence-electron chi connectivity index (χ3n) is 3.01. The van der Waals surface area contributed by atoms with E-state index in [1.54, 1.807) is 30.3 Å². The maximum absolute atomic E-state index is 9.28. The molecule has 0 bridgehead atoms. The zero-order chi connectivity index (χ0) is 15.1. The standard InChI is InChI=1S/C18H18O3/c1-2-18(15-7-11-17(20)12-8-15)21-13-3-4-14-5-9-16(19)10-6-14/h2-12,18-20H,1,13H2/b4-3+/t18-/m0/s1. The average molecular weight is 282 g/mol. The molecule has 21 heavy (non-hydrogen) atoms. The minimum atomic E-state index is -0.213. The zero-order valence-corrected chi connectivity index (χ0v) is 11.6. The van der Waals surface area contributed by atoms with E-state index in [2.05, 4.69) is 6.58 Å². The highest BCUT2D eigenvalue weighted by molar-refractivity contribution is 5.50. The lowest BCUT2D eigenvalue weighted by atomic mass is 10.1. The summed E-state index contributed by atoms with van der Waals surface area (Å²) in [5, 5.41) is 18.5. The molecular formula is C18H18O3. The van der Waals surface area contributed by atoms with E-state index >= 15 is 0 Å². The molecule has 0 spiro atoms. The number of benzene rings is 2. The van der Waals surface area contributed by atoms with Crippen molar-refractivity contribution in [3.63, 3.8) is 0 Å². The molecule has 0 radical (unpaired) electrons.